The maximum absolute atomic E-state index is 12.7. The zero-order chi connectivity index (χ0) is 15.6. The minimum Gasteiger partial charge on any atom is -0.481 e. The minimum atomic E-state index is -0.793. The molecule has 1 saturated heterocycles. The Hall–Kier alpha value is -1.14. The number of β-amino-alcohol motifs (C(OH)–C–C–N with tert-alkyl or cyclic N) is 1. The van der Waals surface area contributed by atoms with Crippen LogP contribution in [0.3, 0.4) is 0 Å². The van der Waals surface area contributed by atoms with Crippen molar-refractivity contribution in [2.45, 2.75) is 44.2 Å². The van der Waals surface area contributed by atoms with Crippen LogP contribution in [0.15, 0.2) is 0 Å². The van der Waals surface area contributed by atoms with Crippen molar-refractivity contribution in [3.05, 3.63) is 0 Å². The molecule has 0 radical (unpaired) electrons. The van der Waals surface area contributed by atoms with Crippen LogP contribution in [0.2, 0.25) is 0 Å². The predicted molar refractivity (Wildman–Crippen MR) is 77.8 cm³/mol. The van der Waals surface area contributed by atoms with Gasteiger partial charge in [-0.3, -0.25) is 9.59 Å². The maximum Gasteiger partial charge on any atom is 0.306 e. The van der Waals surface area contributed by atoms with E-state index >= 15 is 0 Å². The van der Waals surface area contributed by atoms with Crippen molar-refractivity contribution in [2.75, 3.05) is 27.2 Å². The van der Waals surface area contributed by atoms with Crippen LogP contribution in [0.1, 0.15) is 32.1 Å². The summed E-state index contributed by atoms with van der Waals surface area (Å²) in [6.45, 7) is 1.11. The number of aliphatic hydroxyl groups excluding tert-OH is 1. The van der Waals surface area contributed by atoms with E-state index in [1.54, 1.807) is 4.90 Å². The van der Waals surface area contributed by atoms with Gasteiger partial charge in [0.1, 0.15) is 0 Å². The second-order valence-corrected chi connectivity index (χ2v) is 6.69. The van der Waals surface area contributed by atoms with Gasteiger partial charge >= 0.3 is 5.97 Å². The van der Waals surface area contributed by atoms with Crippen molar-refractivity contribution in [1.82, 2.24) is 9.80 Å². The molecule has 0 aromatic heterocycles. The summed E-state index contributed by atoms with van der Waals surface area (Å²) in [4.78, 5) is 27.6. The highest BCUT2D eigenvalue weighted by molar-refractivity contribution is 5.81. The van der Waals surface area contributed by atoms with E-state index in [0.29, 0.717) is 25.8 Å². The number of likely N-dealkylation sites (tertiary alicyclic amines) is 1. The monoisotopic (exact) mass is 298 g/mol. The second-order valence-electron chi connectivity index (χ2n) is 6.69. The zero-order valence-electron chi connectivity index (χ0n) is 12.9. The number of likely N-dealkylation sites (N-methyl/N-ethyl adjacent to an activating group) is 1. The van der Waals surface area contributed by atoms with Crippen molar-refractivity contribution in [3.8, 4) is 0 Å². The molecular weight excluding hydrogens is 272 g/mol. The molecule has 0 aromatic rings. The van der Waals surface area contributed by atoms with Gasteiger partial charge in [-0.1, -0.05) is 6.42 Å². The molecule has 4 atom stereocenters. The fourth-order valence-electron chi connectivity index (χ4n) is 3.63. The number of nitrogens with zero attached hydrogens (tertiary/aromatic N) is 2. The van der Waals surface area contributed by atoms with Crippen LogP contribution in [0.5, 0.6) is 0 Å². The van der Waals surface area contributed by atoms with Gasteiger partial charge in [0.25, 0.3) is 0 Å². The lowest BCUT2D eigenvalue weighted by Crippen LogP contribution is -2.45. The molecule has 4 unspecified atom stereocenters. The van der Waals surface area contributed by atoms with Crippen LogP contribution in [-0.2, 0) is 9.59 Å². The summed E-state index contributed by atoms with van der Waals surface area (Å²) in [5.74, 6) is -1.36. The molecule has 6 nitrogen and oxygen atoms in total. The molecule has 2 aliphatic rings. The first-order chi connectivity index (χ1) is 9.88. The Labute approximate surface area is 125 Å². The molecule has 1 amide bonds. The molecule has 2 N–H and O–H groups in total. The summed E-state index contributed by atoms with van der Waals surface area (Å²) in [5, 5.41) is 19.0. The highest BCUT2D eigenvalue weighted by Crippen LogP contribution is 2.32. The zero-order valence-corrected chi connectivity index (χ0v) is 12.9. The smallest absolute Gasteiger partial charge is 0.306 e. The molecule has 6 heteroatoms. The molecule has 0 aromatic carbocycles. The Morgan fingerprint density at radius 2 is 1.86 bits per heavy atom. The molecule has 1 saturated carbocycles. The lowest BCUT2D eigenvalue weighted by Gasteiger charge is -2.33. The number of hydrogen-bond acceptors (Lipinski definition) is 4. The van der Waals surface area contributed by atoms with Gasteiger partial charge in [-0.25, -0.2) is 0 Å². The van der Waals surface area contributed by atoms with Gasteiger partial charge < -0.3 is 20.0 Å². The molecule has 2 rings (SSSR count). The van der Waals surface area contributed by atoms with Crippen LogP contribution in [0.25, 0.3) is 0 Å². The molecule has 0 bridgehead atoms. The standard InChI is InChI=1S/C15H26N2O4/c1-16(2)8-12-7-13(18)9-17(12)14(19)10-4-3-5-11(6-10)15(20)21/h10-13,18H,3-9H2,1-2H3,(H,20,21). The van der Waals surface area contributed by atoms with E-state index in [4.69, 9.17) is 5.11 Å². The molecule has 0 spiro atoms. The highest BCUT2D eigenvalue weighted by Gasteiger charge is 2.39. The van der Waals surface area contributed by atoms with E-state index in [2.05, 4.69) is 0 Å². The third-order valence-electron chi connectivity index (χ3n) is 4.62. The summed E-state index contributed by atoms with van der Waals surface area (Å²) in [6, 6.07) is 0.0349. The average molecular weight is 298 g/mol. The first kappa shape index (κ1) is 16.2. The first-order valence-electron chi connectivity index (χ1n) is 7.74. The van der Waals surface area contributed by atoms with Crippen LogP contribution in [0.4, 0.5) is 0 Å². The Morgan fingerprint density at radius 3 is 2.48 bits per heavy atom. The summed E-state index contributed by atoms with van der Waals surface area (Å²) in [6.07, 6.45) is 2.82. The summed E-state index contributed by atoms with van der Waals surface area (Å²) >= 11 is 0. The number of hydrogen-bond donors (Lipinski definition) is 2. The van der Waals surface area contributed by atoms with Crippen molar-refractivity contribution >= 4 is 11.9 Å². The van der Waals surface area contributed by atoms with E-state index in [1.165, 1.54) is 0 Å². The number of carbonyl (C=O) groups is 2. The van der Waals surface area contributed by atoms with Gasteiger partial charge in [0, 0.05) is 25.0 Å². The topological polar surface area (TPSA) is 81.1 Å². The fourth-order valence-corrected chi connectivity index (χ4v) is 3.63. The first-order valence-corrected chi connectivity index (χ1v) is 7.74. The van der Waals surface area contributed by atoms with Crippen molar-refractivity contribution in [3.63, 3.8) is 0 Å². The normalized spacial score (nSPS) is 33.4. The van der Waals surface area contributed by atoms with Crippen LogP contribution in [-0.4, -0.2) is 71.2 Å². The number of rotatable bonds is 4. The largest absolute Gasteiger partial charge is 0.481 e. The average Bonchev–Trinajstić information content (AvgIpc) is 2.78. The Kier molecular flexibility index (Phi) is 5.22. The number of carboxylic acid groups (broad SMARTS) is 1. The van der Waals surface area contributed by atoms with Crippen LogP contribution < -0.4 is 0 Å². The maximum atomic E-state index is 12.7. The summed E-state index contributed by atoms with van der Waals surface area (Å²) in [5.41, 5.74) is 0. The lowest BCUT2D eigenvalue weighted by molar-refractivity contribution is -0.145. The van der Waals surface area contributed by atoms with Gasteiger partial charge in [-0.15, -0.1) is 0 Å². The van der Waals surface area contributed by atoms with Gasteiger partial charge in [0.15, 0.2) is 0 Å². The number of aliphatic hydroxyl groups is 1. The highest BCUT2D eigenvalue weighted by atomic mass is 16.4. The van der Waals surface area contributed by atoms with E-state index in [0.717, 1.165) is 19.4 Å². The quantitative estimate of drug-likeness (QED) is 0.785. The summed E-state index contributed by atoms with van der Waals surface area (Å²) < 4.78 is 0. The lowest BCUT2D eigenvalue weighted by atomic mass is 9.80. The second kappa shape index (κ2) is 6.75. The molecule has 1 aliphatic heterocycles. The minimum absolute atomic E-state index is 0.0318. The molecule has 2 fully saturated rings. The Balaban J connectivity index is 2.02. The Morgan fingerprint density at radius 1 is 1.19 bits per heavy atom. The van der Waals surface area contributed by atoms with Crippen molar-refractivity contribution in [2.24, 2.45) is 11.8 Å². The number of carboxylic acids is 1. The van der Waals surface area contributed by atoms with Crippen molar-refractivity contribution < 1.29 is 19.8 Å². The van der Waals surface area contributed by atoms with E-state index in [-0.39, 0.29) is 17.9 Å². The Bertz CT molecular complexity index is 399. The van der Waals surface area contributed by atoms with Gasteiger partial charge in [0.2, 0.25) is 5.91 Å². The van der Waals surface area contributed by atoms with Gasteiger partial charge in [-0.2, -0.15) is 0 Å². The van der Waals surface area contributed by atoms with E-state index in [9.17, 15) is 14.7 Å². The fraction of sp³-hybridized carbons (Fsp3) is 0.867. The third-order valence-corrected chi connectivity index (χ3v) is 4.62. The molecule has 1 heterocycles. The molecule has 120 valence electrons. The SMILES string of the molecule is CN(C)CC1CC(O)CN1C(=O)C1CCCC(C(=O)O)C1. The summed E-state index contributed by atoms with van der Waals surface area (Å²) in [7, 11) is 3.91. The van der Waals surface area contributed by atoms with Gasteiger partial charge in [-0.05, 0) is 39.8 Å². The molecule has 21 heavy (non-hydrogen) atoms. The van der Waals surface area contributed by atoms with Gasteiger partial charge in [0.05, 0.1) is 12.0 Å². The van der Waals surface area contributed by atoms with E-state index in [1.807, 2.05) is 19.0 Å². The number of carbonyl (C=O) groups excluding carboxylic acids is 1. The van der Waals surface area contributed by atoms with Crippen LogP contribution >= 0.6 is 0 Å². The number of aliphatic carboxylic acids is 1. The number of amides is 1. The van der Waals surface area contributed by atoms with Crippen molar-refractivity contribution in [1.29, 1.82) is 0 Å². The van der Waals surface area contributed by atoms with E-state index < -0.39 is 18.0 Å². The molecular formula is C15H26N2O4. The van der Waals surface area contributed by atoms with Crippen LogP contribution in [0, 0.1) is 11.8 Å². The molecule has 1 aliphatic carbocycles. The predicted octanol–water partition coefficient (Wildman–Crippen LogP) is 0.401. The third kappa shape index (κ3) is 3.95.